The molecule has 0 bridgehead atoms. The highest BCUT2D eigenvalue weighted by molar-refractivity contribution is 5.97. The van der Waals surface area contributed by atoms with Crippen molar-refractivity contribution in [3.05, 3.63) is 53.1 Å². The van der Waals surface area contributed by atoms with E-state index >= 15 is 0 Å². The lowest BCUT2D eigenvalue weighted by Gasteiger charge is -2.29. The molecule has 0 fully saturated rings. The second kappa shape index (κ2) is 13.7. The lowest BCUT2D eigenvalue weighted by Crippen LogP contribution is -2.33. The van der Waals surface area contributed by atoms with Crippen molar-refractivity contribution >= 4 is 17.5 Å². The Kier molecular flexibility index (Phi) is 10.0. The number of benzene rings is 2. The number of anilines is 1. The third-order valence-corrected chi connectivity index (χ3v) is 7.42. The van der Waals surface area contributed by atoms with Gasteiger partial charge < -0.3 is 19.7 Å². The summed E-state index contributed by atoms with van der Waals surface area (Å²) >= 11 is 0. The van der Waals surface area contributed by atoms with Gasteiger partial charge in [-0.15, -0.1) is 0 Å². The number of ether oxygens (including phenoxy) is 2. The van der Waals surface area contributed by atoms with Crippen molar-refractivity contribution in [2.45, 2.75) is 72.3 Å². The van der Waals surface area contributed by atoms with Crippen LogP contribution in [0.15, 0.2) is 36.4 Å². The van der Waals surface area contributed by atoms with Gasteiger partial charge in [0.25, 0.3) is 5.91 Å². The van der Waals surface area contributed by atoms with Gasteiger partial charge in [-0.05, 0) is 86.1 Å². The van der Waals surface area contributed by atoms with Crippen LogP contribution in [0.2, 0.25) is 0 Å². The number of rotatable bonds is 7. The maximum absolute atomic E-state index is 13.1. The molecule has 0 saturated heterocycles. The maximum Gasteiger partial charge on any atom is 0.251 e. The van der Waals surface area contributed by atoms with Crippen molar-refractivity contribution in [1.82, 2.24) is 10.2 Å². The summed E-state index contributed by atoms with van der Waals surface area (Å²) in [7, 11) is 0. The minimum atomic E-state index is -0.0947. The Morgan fingerprint density at radius 2 is 1.71 bits per heavy atom. The van der Waals surface area contributed by atoms with Gasteiger partial charge in [0.2, 0.25) is 12.7 Å². The highest BCUT2D eigenvalue weighted by Gasteiger charge is 2.20. The van der Waals surface area contributed by atoms with Gasteiger partial charge >= 0.3 is 0 Å². The molecule has 4 rings (SSSR count). The van der Waals surface area contributed by atoms with Gasteiger partial charge in [0.15, 0.2) is 11.5 Å². The van der Waals surface area contributed by atoms with E-state index in [1.54, 1.807) is 6.92 Å². The number of nitrogens with zero attached hydrogens (tertiary/aromatic N) is 2. The van der Waals surface area contributed by atoms with Crippen LogP contribution in [0, 0.1) is 5.92 Å². The first-order chi connectivity index (χ1) is 18.4. The third kappa shape index (κ3) is 7.73. The smallest absolute Gasteiger partial charge is 0.251 e. The molecule has 2 heterocycles. The van der Waals surface area contributed by atoms with Crippen LogP contribution < -0.4 is 19.7 Å². The van der Waals surface area contributed by atoms with Gasteiger partial charge in [0, 0.05) is 37.8 Å². The molecular formula is C31H43N3O4. The Morgan fingerprint density at radius 3 is 2.50 bits per heavy atom. The van der Waals surface area contributed by atoms with Gasteiger partial charge in [-0.1, -0.05) is 39.2 Å². The summed E-state index contributed by atoms with van der Waals surface area (Å²) in [6.45, 7) is 10.4. The van der Waals surface area contributed by atoms with E-state index in [1.807, 2.05) is 41.3 Å². The molecule has 7 nitrogen and oxygen atoms in total. The fraction of sp³-hybridized carbons (Fsp3) is 0.548. The second-order valence-electron chi connectivity index (χ2n) is 10.9. The minimum Gasteiger partial charge on any atom is -0.454 e. The zero-order valence-electron chi connectivity index (χ0n) is 23.3. The van der Waals surface area contributed by atoms with Crippen LogP contribution in [0.3, 0.4) is 0 Å². The fourth-order valence-electron chi connectivity index (χ4n) is 5.17. The quantitative estimate of drug-likeness (QED) is 0.517. The van der Waals surface area contributed by atoms with E-state index in [1.165, 1.54) is 19.3 Å². The average Bonchev–Trinajstić information content (AvgIpc) is 3.35. The summed E-state index contributed by atoms with van der Waals surface area (Å²) in [5.41, 5.74) is 3.70. The van der Waals surface area contributed by atoms with Crippen molar-refractivity contribution < 1.29 is 19.1 Å². The molecule has 2 aromatic carbocycles. The monoisotopic (exact) mass is 521 g/mol. The topological polar surface area (TPSA) is 71.1 Å². The van der Waals surface area contributed by atoms with Gasteiger partial charge in [-0.25, -0.2) is 0 Å². The largest absolute Gasteiger partial charge is 0.454 e. The lowest BCUT2D eigenvalue weighted by molar-refractivity contribution is -0.116. The van der Waals surface area contributed by atoms with Crippen molar-refractivity contribution in [3.63, 3.8) is 0 Å². The van der Waals surface area contributed by atoms with Crippen LogP contribution in [0.1, 0.15) is 80.8 Å². The Morgan fingerprint density at radius 1 is 0.947 bits per heavy atom. The molecule has 7 heteroatoms. The number of carbonyl (C=O) groups excluding carboxylic acids is 2. The standard InChI is InChI=1S/C31H43N3O4/c1-23(2)14-18-33-16-7-5-4-6-8-17-34(24(3)35)28-11-10-26(20-27(28)21-33)31(36)32-15-13-25-9-12-29-30(19-25)38-22-37-29/h9-12,19-20,23H,4-8,13-18,21-22H2,1-3H3,(H,32,36). The zero-order chi connectivity index (χ0) is 26.9. The second-order valence-corrected chi connectivity index (χ2v) is 10.9. The van der Waals surface area contributed by atoms with Crippen LogP contribution in [0.25, 0.3) is 0 Å². The molecule has 0 unspecified atom stereocenters. The molecule has 2 aliphatic rings. The summed E-state index contributed by atoms with van der Waals surface area (Å²) in [4.78, 5) is 30.2. The molecule has 0 aliphatic carbocycles. The summed E-state index contributed by atoms with van der Waals surface area (Å²) in [6, 6.07) is 11.7. The highest BCUT2D eigenvalue weighted by atomic mass is 16.7. The van der Waals surface area contributed by atoms with Crippen molar-refractivity contribution in [2.75, 3.05) is 37.9 Å². The van der Waals surface area contributed by atoms with Crippen molar-refractivity contribution in [2.24, 2.45) is 5.92 Å². The molecule has 2 amide bonds. The number of hydrogen-bond acceptors (Lipinski definition) is 5. The van der Waals surface area contributed by atoms with Crippen LogP contribution >= 0.6 is 0 Å². The average molecular weight is 522 g/mol. The molecule has 0 aromatic heterocycles. The molecule has 206 valence electrons. The molecule has 0 radical (unpaired) electrons. The molecule has 2 aromatic rings. The van der Waals surface area contributed by atoms with Gasteiger partial charge in [-0.2, -0.15) is 0 Å². The van der Waals surface area contributed by atoms with Crippen molar-refractivity contribution in [3.8, 4) is 11.5 Å². The van der Waals surface area contributed by atoms with Crippen LogP contribution in [-0.2, 0) is 17.8 Å². The highest BCUT2D eigenvalue weighted by Crippen LogP contribution is 2.32. The van der Waals surface area contributed by atoms with Crippen molar-refractivity contribution in [1.29, 1.82) is 0 Å². The zero-order valence-corrected chi connectivity index (χ0v) is 23.3. The molecule has 38 heavy (non-hydrogen) atoms. The number of nitrogens with one attached hydrogen (secondary N) is 1. The van der Waals surface area contributed by atoms with Crippen LogP contribution in [0.4, 0.5) is 5.69 Å². The summed E-state index contributed by atoms with van der Waals surface area (Å²) in [5.74, 6) is 2.11. The van der Waals surface area contributed by atoms with E-state index in [2.05, 4.69) is 24.1 Å². The first-order valence-electron chi connectivity index (χ1n) is 14.2. The number of carbonyl (C=O) groups is 2. The van der Waals surface area contributed by atoms with E-state index in [4.69, 9.17) is 9.47 Å². The minimum absolute atomic E-state index is 0.0537. The van der Waals surface area contributed by atoms with E-state index in [0.29, 0.717) is 24.4 Å². The van der Waals surface area contributed by atoms with Crippen LogP contribution in [0.5, 0.6) is 11.5 Å². The van der Waals surface area contributed by atoms with E-state index in [-0.39, 0.29) is 18.6 Å². The first-order valence-corrected chi connectivity index (χ1v) is 14.2. The predicted molar refractivity (Wildman–Crippen MR) is 151 cm³/mol. The van der Waals surface area contributed by atoms with Crippen LogP contribution in [-0.4, -0.2) is 49.7 Å². The maximum atomic E-state index is 13.1. The number of hydrogen-bond donors (Lipinski definition) is 1. The Labute approximate surface area is 227 Å². The number of amides is 2. The molecular weight excluding hydrogens is 478 g/mol. The normalized spacial score (nSPS) is 16.5. The van der Waals surface area contributed by atoms with Gasteiger partial charge in [-0.3, -0.25) is 14.5 Å². The Hall–Kier alpha value is -3.06. The predicted octanol–water partition coefficient (Wildman–Crippen LogP) is 5.55. The third-order valence-electron chi connectivity index (χ3n) is 7.42. The lowest BCUT2D eigenvalue weighted by atomic mass is 10.0. The molecule has 0 saturated carbocycles. The van der Waals surface area contributed by atoms with E-state index < -0.39 is 0 Å². The Balaban J connectivity index is 1.50. The SMILES string of the molecule is CC(=O)N1CCCCCCCN(CCC(C)C)Cc2cc(C(=O)NCCc3ccc4c(c3)OCO4)ccc21. The first kappa shape index (κ1) is 28.0. The van der Waals surface area contributed by atoms with E-state index in [9.17, 15) is 9.59 Å². The molecule has 1 N–H and O–H groups in total. The summed E-state index contributed by atoms with van der Waals surface area (Å²) < 4.78 is 10.8. The molecule has 0 spiro atoms. The number of fused-ring (bicyclic) bond motifs is 2. The van der Waals surface area contributed by atoms with E-state index in [0.717, 1.165) is 73.8 Å². The molecule has 0 atom stereocenters. The Bertz CT molecular complexity index is 1100. The summed E-state index contributed by atoms with van der Waals surface area (Å²) in [6.07, 6.45) is 7.58. The summed E-state index contributed by atoms with van der Waals surface area (Å²) in [5, 5.41) is 3.07. The molecule has 2 aliphatic heterocycles. The van der Waals surface area contributed by atoms with Gasteiger partial charge in [0.05, 0.1) is 0 Å². The van der Waals surface area contributed by atoms with Gasteiger partial charge in [0.1, 0.15) is 0 Å². The fourth-order valence-corrected chi connectivity index (χ4v) is 5.17.